The number of carbonyl (C=O) groups excluding carboxylic acids is 1. The van der Waals surface area contributed by atoms with Gasteiger partial charge in [-0.1, -0.05) is 0 Å². The maximum Gasteiger partial charge on any atom is 2.00 e. The van der Waals surface area contributed by atoms with Crippen molar-refractivity contribution in [3.05, 3.63) is 0 Å². The van der Waals surface area contributed by atoms with E-state index in [2.05, 4.69) is 0 Å². The summed E-state index contributed by atoms with van der Waals surface area (Å²) in [5.74, 6) is 0. The minimum Gasteiger partial charge on any atom is -0.554 e. The molecule has 0 saturated carbocycles. The molecular weight excluding hydrogens is 103 g/mol. The molecule has 0 N–H and O–H groups in total. The first kappa shape index (κ1) is 9.02. The SMILES string of the molecule is O=C[O-].[Co+2]. The summed E-state index contributed by atoms with van der Waals surface area (Å²) in [6.45, 7) is -0.500. The van der Waals surface area contributed by atoms with E-state index in [9.17, 15) is 0 Å². The Balaban J connectivity index is 0. The molecule has 0 rings (SSSR count). The van der Waals surface area contributed by atoms with E-state index < -0.39 is 6.47 Å². The van der Waals surface area contributed by atoms with Crippen molar-refractivity contribution in [2.24, 2.45) is 0 Å². The van der Waals surface area contributed by atoms with Gasteiger partial charge in [0.1, 0.15) is 0 Å². The second-order valence-corrected chi connectivity index (χ2v) is 0.0962. The second-order valence-electron chi connectivity index (χ2n) is 0.0962. The van der Waals surface area contributed by atoms with Gasteiger partial charge in [0, 0.05) is 6.47 Å². The average molecular weight is 104 g/mol. The quantitative estimate of drug-likeness (QED) is 0.346. The number of carbonyl (C=O) groups is 1. The van der Waals surface area contributed by atoms with Crippen LogP contribution in [-0.2, 0) is 21.6 Å². The monoisotopic (exact) mass is 104 g/mol. The van der Waals surface area contributed by atoms with E-state index in [1.54, 1.807) is 0 Å². The van der Waals surface area contributed by atoms with E-state index in [1.807, 2.05) is 0 Å². The molecular formula is CHCoO2+. The van der Waals surface area contributed by atoms with Crippen molar-refractivity contribution in [2.45, 2.75) is 0 Å². The topological polar surface area (TPSA) is 40.1 Å². The number of hydrogen-bond acceptors (Lipinski definition) is 2. The molecule has 0 amide bonds. The van der Waals surface area contributed by atoms with Crippen molar-refractivity contribution in [3.8, 4) is 0 Å². The average Bonchev–Trinajstić information content (AvgIpc) is 0.918. The van der Waals surface area contributed by atoms with Crippen molar-refractivity contribution in [1.82, 2.24) is 0 Å². The zero-order valence-corrected chi connectivity index (χ0v) is 2.77. The molecule has 0 fully saturated rings. The van der Waals surface area contributed by atoms with Crippen LogP contribution >= 0.6 is 0 Å². The van der Waals surface area contributed by atoms with Crippen LogP contribution in [0.4, 0.5) is 0 Å². The summed E-state index contributed by atoms with van der Waals surface area (Å²) < 4.78 is 0. The molecule has 1 radical (unpaired) electrons. The molecule has 0 aromatic carbocycles. The Morgan fingerprint density at radius 3 is 1.75 bits per heavy atom. The number of hydrogen-bond donors (Lipinski definition) is 0. The molecule has 0 heterocycles. The van der Waals surface area contributed by atoms with Gasteiger partial charge < -0.3 is 9.90 Å². The summed E-state index contributed by atoms with van der Waals surface area (Å²) in [5.41, 5.74) is 0. The van der Waals surface area contributed by atoms with E-state index >= 15 is 0 Å². The van der Waals surface area contributed by atoms with Crippen LogP contribution in [0, 0.1) is 0 Å². The predicted octanol–water partition coefficient (Wildman–Crippen LogP) is -1.64. The van der Waals surface area contributed by atoms with Crippen molar-refractivity contribution >= 4 is 6.47 Å². The molecule has 3 heteroatoms. The van der Waals surface area contributed by atoms with Crippen LogP contribution in [0.15, 0.2) is 0 Å². The largest absolute Gasteiger partial charge is 2.00 e. The van der Waals surface area contributed by atoms with Crippen molar-refractivity contribution in [2.75, 3.05) is 0 Å². The molecule has 0 bridgehead atoms. The Morgan fingerprint density at radius 2 is 1.75 bits per heavy atom. The third-order valence-electron chi connectivity index (χ3n) is 0. The van der Waals surface area contributed by atoms with Crippen LogP contribution in [0.3, 0.4) is 0 Å². The van der Waals surface area contributed by atoms with E-state index in [0.29, 0.717) is 0 Å². The van der Waals surface area contributed by atoms with Crippen LogP contribution in [0.2, 0.25) is 0 Å². The molecule has 25 valence electrons. The Bertz CT molecular complexity index is 13.5. The Kier molecular flexibility index (Phi) is 27.5. The molecule has 0 unspecified atom stereocenters. The van der Waals surface area contributed by atoms with Gasteiger partial charge in [0.2, 0.25) is 0 Å². The summed E-state index contributed by atoms with van der Waals surface area (Å²) in [5, 5.41) is 8.25. The summed E-state index contributed by atoms with van der Waals surface area (Å²) in [6, 6.07) is 0. The van der Waals surface area contributed by atoms with Crippen LogP contribution in [-0.4, -0.2) is 6.47 Å². The van der Waals surface area contributed by atoms with Crippen LogP contribution in [0.25, 0.3) is 0 Å². The van der Waals surface area contributed by atoms with Gasteiger partial charge in [-0.3, -0.25) is 0 Å². The van der Waals surface area contributed by atoms with Gasteiger partial charge in [0.25, 0.3) is 0 Å². The fourth-order valence-electron chi connectivity index (χ4n) is 0. The van der Waals surface area contributed by atoms with Crippen LogP contribution in [0.1, 0.15) is 0 Å². The van der Waals surface area contributed by atoms with E-state index in [1.165, 1.54) is 0 Å². The summed E-state index contributed by atoms with van der Waals surface area (Å²) in [4.78, 5) is 8.25. The molecule has 0 spiro atoms. The zero-order chi connectivity index (χ0) is 2.71. The van der Waals surface area contributed by atoms with Crippen LogP contribution in [0.5, 0.6) is 0 Å². The molecule has 2 nitrogen and oxygen atoms in total. The molecule has 0 aliphatic heterocycles. The van der Waals surface area contributed by atoms with E-state index in [0.717, 1.165) is 0 Å². The Labute approximate surface area is 34.0 Å². The molecule has 0 saturated heterocycles. The zero-order valence-electron chi connectivity index (χ0n) is 1.73. The standard InChI is InChI=1S/CH2O2.Co/c2-1-3;/h1H,(H,2,3);/q;+2/p-1. The predicted molar refractivity (Wildman–Crippen MR) is 6.06 cm³/mol. The van der Waals surface area contributed by atoms with Gasteiger partial charge in [-0.2, -0.15) is 0 Å². The first-order chi connectivity index (χ1) is 1.41. The minimum absolute atomic E-state index is 0. The third-order valence-corrected chi connectivity index (χ3v) is 0. The normalized spacial score (nSPS) is 3.00. The summed E-state index contributed by atoms with van der Waals surface area (Å²) >= 11 is 0. The molecule has 0 atom stereocenters. The second kappa shape index (κ2) is 12.2. The summed E-state index contributed by atoms with van der Waals surface area (Å²) in [7, 11) is 0. The number of rotatable bonds is 0. The molecule has 0 aromatic heterocycles. The van der Waals surface area contributed by atoms with Crippen molar-refractivity contribution in [3.63, 3.8) is 0 Å². The fraction of sp³-hybridized carbons (Fsp3) is 0. The van der Waals surface area contributed by atoms with Gasteiger partial charge in [0.05, 0.1) is 0 Å². The molecule has 0 aliphatic rings. The molecule has 0 aromatic rings. The maximum absolute atomic E-state index is 8.25. The van der Waals surface area contributed by atoms with Crippen molar-refractivity contribution in [1.29, 1.82) is 0 Å². The van der Waals surface area contributed by atoms with Gasteiger partial charge in [0.15, 0.2) is 0 Å². The van der Waals surface area contributed by atoms with Crippen molar-refractivity contribution < 1.29 is 26.7 Å². The first-order valence-corrected chi connectivity index (χ1v) is 0.471. The fourth-order valence-corrected chi connectivity index (χ4v) is 0. The van der Waals surface area contributed by atoms with Gasteiger partial charge >= 0.3 is 16.8 Å². The smallest absolute Gasteiger partial charge is 0.554 e. The third kappa shape index (κ3) is 3410. The van der Waals surface area contributed by atoms with Gasteiger partial charge in [-0.05, 0) is 0 Å². The molecule has 0 aliphatic carbocycles. The van der Waals surface area contributed by atoms with E-state index in [4.69, 9.17) is 9.90 Å². The first-order valence-electron chi connectivity index (χ1n) is 0.471. The molecule has 4 heavy (non-hydrogen) atoms. The maximum atomic E-state index is 8.25. The number of carboxylic acid groups (broad SMARTS) is 1. The summed E-state index contributed by atoms with van der Waals surface area (Å²) in [6.07, 6.45) is 0. The Hall–Kier alpha value is -0.0235. The van der Waals surface area contributed by atoms with Gasteiger partial charge in [-0.25, -0.2) is 0 Å². The van der Waals surface area contributed by atoms with Gasteiger partial charge in [-0.15, -0.1) is 0 Å². The van der Waals surface area contributed by atoms with E-state index in [-0.39, 0.29) is 16.8 Å². The minimum atomic E-state index is -0.500. The Morgan fingerprint density at radius 1 is 1.75 bits per heavy atom. The van der Waals surface area contributed by atoms with Crippen LogP contribution < -0.4 is 5.11 Å².